The molecule has 2 rings (SSSR count). The molecule has 0 fully saturated rings. The number of nitrogens with one attached hydrogen (secondary N) is 2. The first kappa shape index (κ1) is 20.0. The summed E-state index contributed by atoms with van der Waals surface area (Å²) in [4.78, 5) is 35.2. The van der Waals surface area contributed by atoms with E-state index in [1.54, 1.807) is 37.3 Å². The quantitative estimate of drug-likeness (QED) is 0.645. The topological polar surface area (TPSA) is 120 Å². The summed E-state index contributed by atoms with van der Waals surface area (Å²) in [5.41, 5.74) is 0.562. The van der Waals surface area contributed by atoms with Crippen LogP contribution < -0.4 is 15.4 Å². The van der Waals surface area contributed by atoms with Crippen molar-refractivity contribution in [3.63, 3.8) is 0 Å². The number of carbonyl (C=O) groups is 3. The molecule has 0 aliphatic heterocycles. The highest BCUT2D eigenvalue weighted by molar-refractivity contribution is 5.93. The maximum atomic E-state index is 11.9. The molecule has 144 valence electrons. The Hall–Kier alpha value is -3.36. The number of nitrogens with zero attached hydrogens (tertiary/aromatic N) is 1. The maximum Gasteiger partial charge on any atom is 0.306 e. The molecule has 0 bridgehead atoms. The number of para-hydroxylation sites is 2. The number of hydrogen-bond donors (Lipinski definition) is 2. The second kappa shape index (κ2) is 9.95. The van der Waals surface area contributed by atoms with E-state index in [0.29, 0.717) is 23.6 Å². The number of anilines is 2. The van der Waals surface area contributed by atoms with Gasteiger partial charge in [0.25, 0.3) is 5.91 Å². The van der Waals surface area contributed by atoms with Crippen molar-refractivity contribution in [2.45, 2.75) is 26.2 Å². The van der Waals surface area contributed by atoms with Gasteiger partial charge in [-0.2, -0.15) is 0 Å². The van der Waals surface area contributed by atoms with E-state index in [4.69, 9.17) is 14.0 Å². The van der Waals surface area contributed by atoms with E-state index in [-0.39, 0.29) is 24.6 Å². The zero-order valence-electron chi connectivity index (χ0n) is 15.1. The molecule has 2 amide bonds. The van der Waals surface area contributed by atoms with Gasteiger partial charge in [0, 0.05) is 18.9 Å². The number of amides is 2. The molecule has 2 aromatic rings. The second-order valence-corrected chi connectivity index (χ2v) is 5.63. The van der Waals surface area contributed by atoms with Crippen molar-refractivity contribution in [2.24, 2.45) is 0 Å². The predicted octanol–water partition coefficient (Wildman–Crippen LogP) is 2.28. The van der Waals surface area contributed by atoms with Gasteiger partial charge in [0.15, 0.2) is 12.4 Å². The summed E-state index contributed by atoms with van der Waals surface area (Å²) in [5.74, 6) is 0.0254. The van der Waals surface area contributed by atoms with Crippen LogP contribution in [0.3, 0.4) is 0 Å². The molecule has 0 spiro atoms. The second-order valence-electron chi connectivity index (χ2n) is 5.63. The van der Waals surface area contributed by atoms with Crippen molar-refractivity contribution in [1.29, 1.82) is 0 Å². The minimum absolute atomic E-state index is 0.0235. The van der Waals surface area contributed by atoms with Crippen molar-refractivity contribution in [3.05, 3.63) is 36.1 Å². The van der Waals surface area contributed by atoms with Gasteiger partial charge in [-0.05, 0) is 25.5 Å². The highest BCUT2D eigenvalue weighted by Gasteiger charge is 2.12. The Kier molecular flexibility index (Phi) is 7.36. The van der Waals surface area contributed by atoms with E-state index in [2.05, 4.69) is 15.8 Å². The van der Waals surface area contributed by atoms with Crippen LogP contribution in [0.25, 0.3) is 0 Å². The third kappa shape index (κ3) is 6.81. The highest BCUT2D eigenvalue weighted by Crippen LogP contribution is 2.23. The summed E-state index contributed by atoms with van der Waals surface area (Å²) in [6.45, 7) is 1.25. The molecule has 9 heteroatoms. The van der Waals surface area contributed by atoms with Crippen LogP contribution in [-0.4, -0.2) is 36.7 Å². The Labute approximate surface area is 156 Å². The molecule has 0 radical (unpaired) electrons. The lowest BCUT2D eigenvalue weighted by atomic mass is 10.2. The Morgan fingerprint density at radius 3 is 2.59 bits per heavy atom. The van der Waals surface area contributed by atoms with Crippen molar-refractivity contribution < 1.29 is 28.4 Å². The largest absolute Gasteiger partial charge is 0.495 e. The number of esters is 1. The van der Waals surface area contributed by atoms with E-state index in [1.807, 2.05) is 0 Å². The summed E-state index contributed by atoms with van der Waals surface area (Å²) in [7, 11) is 1.51. The van der Waals surface area contributed by atoms with Crippen LogP contribution in [-0.2, 0) is 19.1 Å². The summed E-state index contributed by atoms with van der Waals surface area (Å²) in [6, 6.07) is 8.57. The molecule has 27 heavy (non-hydrogen) atoms. The number of hydrogen-bond acceptors (Lipinski definition) is 7. The molecule has 0 atom stereocenters. The summed E-state index contributed by atoms with van der Waals surface area (Å²) >= 11 is 0. The molecule has 0 aliphatic rings. The van der Waals surface area contributed by atoms with Gasteiger partial charge in [0.1, 0.15) is 11.5 Å². The van der Waals surface area contributed by atoms with E-state index in [9.17, 15) is 14.4 Å². The fourth-order valence-electron chi connectivity index (χ4n) is 2.18. The van der Waals surface area contributed by atoms with Crippen LogP contribution in [0.4, 0.5) is 11.5 Å². The Morgan fingerprint density at radius 1 is 1.11 bits per heavy atom. The van der Waals surface area contributed by atoms with Gasteiger partial charge in [-0.3, -0.25) is 14.4 Å². The first-order valence-electron chi connectivity index (χ1n) is 8.29. The van der Waals surface area contributed by atoms with Crippen LogP contribution >= 0.6 is 0 Å². The Bertz CT molecular complexity index is 802. The number of rotatable bonds is 9. The molecule has 0 unspecified atom stereocenters. The molecular weight excluding hydrogens is 354 g/mol. The molecule has 1 heterocycles. The number of carbonyl (C=O) groups excluding carboxylic acids is 3. The van der Waals surface area contributed by atoms with Crippen molar-refractivity contribution >= 4 is 29.3 Å². The normalized spacial score (nSPS) is 10.1. The Balaban J connectivity index is 1.63. The fourth-order valence-corrected chi connectivity index (χ4v) is 2.18. The fraction of sp³-hybridized carbons (Fsp3) is 0.333. The van der Waals surface area contributed by atoms with Crippen LogP contribution in [0.2, 0.25) is 0 Å². The van der Waals surface area contributed by atoms with Gasteiger partial charge in [-0.1, -0.05) is 17.3 Å². The van der Waals surface area contributed by atoms with E-state index < -0.39 is 18.5 Å². The predicted molar refractivity (Wildman–Crippen MR) is 96.3 cm³/mol. The Morgan fingerprint density at radius 2 is 1.89 bits per heavy atom. The maximum absolute atomic E-state index is 11.9. The standard InChI is InChI=1S/C18H21N3O6/c1-12-10-15(21-27-12)20-17(23)11-26-18(24)9-5-8-16(22)19-13-6-3-4-7-14(13)25-2/h3-4,6-7,10H,5,8-9,11H2,1-2H3,(H,19,22)(H,20,21,23). The minimum Gasteiger partial charge on any atom is -0.495 e. The third-order valence-corrected chi connectivity index (χ3v) is 3.43. The van der Waals surface area contributed by atoms with Gasteiger partial charge in [0.05, 0.1) is 12.8 Å². The summed E-state index contributed by atoms with van der Waals surface area (Å²) in [5, 5.41) is 8.75. The lowest BCUT2D eigenvalue weighted by Gasteiger charge is -2.09. The number of benzene rings is 1. The molecular formula is C18H21N3O6. The number of methoxy groups -OCH3 is 1. The summed E-state index contributed by atoms with van der Waals surface area (Å²) in [6.07, 6.45) is 0.456. The van der Waals surface area contributed by atoms with Crippen molar-refractivity contribution in [2.75, 3.05) is 24.4 Å². The molecule has 9 nitrogen and oxygen atoms in total. The molecule has 1 aromatic carbocycles. The van der Waals surface area contributed by atoms with E-state index in [1.165, 1.54) is 7.11 Å². The first-order valence-corrected chi connectivity index (χ1v) is 8.29. The molecule has 0 aliphatic carbocycles. The molecule has 1 aromatic heterocycles. The highest BCUT2D eigenvalue weighted by atomic mass is 16.5. The number of aromatic nitrogens is 1. The van der Waals surface area contributed by atoms with Crippen LogP contribution in [0, 0.1) is 6.92 Å². The van der Waals surface area contributed by atoms with Crippen LogP contribution in [0.1, 0.15) is 25.0 Å². The monoisotopic (exact) mass is 375 g/mol. The van der Waals surface area contributed by atoms with Crippen molar-refractivity contribution in [1.82, 2.24) is 5.16 Å². The molecule has 2 N–H and O–H groups in total. The minimum atomic E-state index is -0.563. The zero-order valence-corrected chi connectivity index (χ0v) is 15.1. The summed E-state index contributed by atoms with van der Waals surface area (Å²) < 4.78 is 14.8. The van der Waals surface area contributed by atoms with E-state index in [0.717, 1.165) is 0 Å². The van der Waals surface area contributed by atoms with Gasteiger partial charge in [0.2, 0.25) is 5.91 Å². The van der Waals surface area contributed by atoms with Gasteiger partial charge in [-0.15, -0.1) is 0 Å². The van der Waals surface area contributed by atoms with Crippen LogP contribution in [0.5, 0.6) is 5.75 Å². The molecule has 0 saturated carbocycles. The number of aryl methyl sites for hydroxylation is 1. The third-order valence-electron chi connectivity index (χ3n) is 3.43. The SMILES string of the molecule is COc1ccccc1NC(=O)CCCC(=O)OCC(=O)Nc1cc(C)on1. The lowest BCUT2D eigenvalue weighted by Crippen LogP contribution is -2.21. The van der Waals surface area contributed by atoms with Crippen molar-refractivity contribution in [3.8, 4) is 5.75 Å². The average Bonchev–Trinajstić information content (AvgIpc) is 3.05. The van der Waals surface area contributed by atoms with Gasteiger partial charge < -0.3 is 24.6 Å². The van der Waals surface area contributed by atoms with E-state index >= 15 is 0 Å². The van der Waals surface area contributed by atoms with Gasteiger partial charge in [-0.25, -0.2) is 0 Å². The number of ether oxygens (including phenoxy) is 2. The smallest absolute Gasteiger partial charge is 0.306 e. The zero-order chi connectivity index (χ0) is 19.6. The van der Waals surface area contributed by atoms with Crippen LogP contribution in [0.15, 0.2) is 34.9 Å². The average molecular weight is 375 g/mol. The molecule has 0 saturated heterocycles. The first-order chi connectivity index (χ1) is 13.0. The van der Waals surface area contributed by atoms with Gasteiger partial charge >= 0.3 is 5.97 Å². The lowest BCUT2D eigenvalue weighted by molar-refractivity contribution is -0.147.